The van der Waals surface area contributed by atoms with E-state index in [-0.39, 0.29) is 11.9 Å². The first-order valence-electron chi connectivity index (χ1n) is 8.16. The van der Waals surface area contributed by atoms with Gasteiger partial charge in [0.05, 0.1) is 11.6 Å². The van der Waals surface area contributed by atoms with Gasteiger partial charge < -0.3 is 5.32 Å². The van der Waals surface area contributed by atoms with Crippen molar-refractivity contribution in [2.75, 3.05) is 5.75 Å². The van der Waals surface area contributed by atoms with Crippen molar-refractivity contribution in [3.8, 4) is 0 Å². The second-order valence-electron chi connectivity index (χ2n) is 5.71. The van der Waals surface area contributed by atoms with Gasteiger partial charge in [-0.1, -0.05) is 44.2 Å². The molecule has 0 bridgehead atoms. The number of aryl methyl sites for hydroxylation is 2. The quantitative estimate of drug-likeness (QED) is 0.730. The lowest BCUT2D eigenvalue weighted by atomic mass is 9.99. The van der Waals surface area contributed by atoms with Crippen LogP contribution < -0.4 is 5.32 Å². The molecule has 0 aliphatic carbocycles. The fourth-order valence-corrected chi connectivity index (χ4v) is 3.38. The number of carbonyl (C=O) groups is 1. The minimum absolute atomic E-state index is 0.00614. The first-order chi connectivity index (χ1) is 11.1. The van der Waals surface area contributed by atoms with Gasteiger partial charge in [-0.3, -0.25) is 4.79 Å². The SMILES string of the molecule is CCSc1ccccc1C(=O)NC(CC)c1ccc(C)c(C)c1. The molecule has 1 amide bonds. The zero-order valence-electron chi connectivity index (χ0n) is 14.3. The Bertz CT molecular complexity index is 681. The molecule has 2 aromatic rings. The summed E-state index contributed by atoms with van der Waals surface area (Å²) >= 11 is 1.70. The van der Waals surface area contributed by atoms with Gasteiger partial charge in [0.2, 0.25) is 0 Å². The summed E-state index contributed by atoms with van der Waals surface area (Å²) in [6.07, 6.45) is 0.872. The molecule has 2 nitrogen and oxygen atoms in total. The molecule has 2 aromatic carbocycles. The first-order valence-corrected chi connectivity index (χ1v) is 9.15. The van der Waals surface area contributed by atoms with E-state index in [1.165, 1.54) is 16.7 Å². The van der Waals surface area contributed by atoms with Gasteiger partial charge in [0.25, 0.3) is 5.91 Å². The van der Waals surface area contributed by atoms with Crippen LogP contribution >= 0.6 is 11.8 Å². The van der Waals surface area contributed by atoms with E-state index in [0.717, 1.165) is 22.6 Å². The number of rotatable bonds is 6. The minimum atomic E-state index is 0.00614. The Kier molecular flexibility index (Phi) is 6.28. The summed E-state index contributed by atoms with van der Waals surface area (Å²) in [5.74, 6) is 0.963. The minimum Gasteiger partial charge on any atom is -0.345 e. The Morgan fingerprint density at radius 1 is 1.09 bits per heavy atom. The molecule has 0 heterocycles. The molecule has 0 saturated heterocycles. The molecule has 0 spiro atoms. The maximum atomic E-state index is 12.7. The third-order valence-electron chi connectivity index (χ3n) is 4.08. The Labute approximate surface area is 143 Å². The summed E-state index contributed by atoms with van der Waals surface area (Å²) < 4.78 is 0. The highest BCUT2D eigenvalue weighted by Gasteiger charge is 2.17. The molecule has 0 fully saturated rings. The molecule has 2 rings (SSSR count). The van der Waals surface area contributed by atoms with E-state index in [1.807, 2.05) is 24.3 Å². The van der Waals surface area contributed by atoms with Gasteiger partial charge in [0.1, 0.15) is 0 Å². The highest BCUT2D eigenvalue weighted by atomic mass is 32.2. The summed E-state index contributed by atoms with van der Waals surface area (Å²) in [5, 5.41) is 3.19. The predicted molar refractivity (Wildman–Crippen MR) is 99.3 cm³/mol. The van der Waals surface area contributed by atoms with Gasteiger partial charge in [-0.15, -0.1) is 11.8 Å². The lowest BCUT2D eigenvalue weighted by Crippen LogP contribution is -2.28. The summed E-state index contributed by atoms with van der Waals surface area (Å²) in [4.78, 5) is 13.8. The monoisotopic (exact) mass is 327 g/mol. The Balaban J connectivity index is 2.21. The fourth-order valence-electron chi connectivity index (χ4n) is 2.57. The lowest BCUT2D eigenvalue weighted by Gasteiger charge is -2.19. The number of hydrogen-bond donors (Lipinski definition) is 1. The molecule has 1 unspecified atom stereocenters. The number of nitrogens with one attached hydrogen (secondary N) is 1. The first kappa shape index (κ1) is 17.6. The highest BCUT2D eigenvalue weighted by molar-refractivity contribution is 7.99. The van der Waals surface area contributed by atoms with Crippen molar-refractivity contribution in [2.45, 2.75) is 45.1 Å². The number of thioether (sulfide) groups is 1. The molecule has 0 aliphatic heterocycles. The van der Waals surface area contributed by atoms with E-state index >= 15 is 0 Å². The molecule has 0 saturated carbocycles. The molecule has 0 aliphatic rings. The highest BCUT2D eigenvalue weighted by Crippen LogP contribution is 2.24. The Morgan fingerprint density at radius 3 is 2.48 bits per heavy atom. The molecule has 23 heavy (non-hydrogen) atoms. The van der Waals surface area contributed by atoms with Crippen LogP contribution in [-0.2, 0) is 0 Å². The van der Waals surface area contributed by atoms with Crippen molar-refractivity contribution in [3.63, 3.8) is 0 Å². The van der Waals surface area contributed by atoms with Crippen LogP contribution in [0.2, 0.25) is 0 Å². The van der Waals surface area contributed by atoms with Gasteiger partial charge in [-0.2, -0.15) is 0 Å². The fraction of sp³-hybridized carbons (Fsp3) is 0.350. The van der Waals surface area contributed by atoms with Gasteiger partial charge in [0.15, 0.2) is 0 Å². The number of amides is 1. The summed E-state index contributed by atoms with van der Waals surface area (Å²) in [6.45, 7) is 8.42. The third kappa shape index (κ3) is 4.38. The van der Waals surface area contributed by atoms with Crippen molar-refractivity contribution in [2.24, 2.45) is 0 Å². The Morgan fingerprint density at radius 2 is 1.83 bits per heavy atom. The third-order valence-corrected chi connectivity index (χ3v) is 5.03. The van der Waals surface area contributed by atoms with Crippen molar-refractivity contribution < 1.29 is 4.79 Å². The number of carbonyl (C=O) groups excluding carboxylic acids is 1. The van der Waals surface area contributed by atoms with Crippen LogP contribution in [0.25, 0.3) is 0 Å². The average molecular weight is 327 g/mol. The molecular weight excluding hydrogens is 302 g/mol. The van der Waals surface area contributed by atoms with Crippen LogP contribution in [0.4, 0.5) is 0 Å². The summed E-state index contributed by atoms with van der Waals surface area (Å²) in [5.41, 5.74) is 4.47. The van der Waals surface area contributed by atoms with E-state index in [0.29, 0.717) is 0 Å². The van der Waals surface area contributed by atoms with Crippen LogP contribution in [0.3, 0.4) is 0 Å². The predicted octanol–water partition coefficient (Wildman–Crippen LogP) is 5.30. The van der Waals surface area contributed by atoms with Crippen LogP contribution in [-0.4, -0.2) is 11.7 Å². The smallest absolute Gasteiger partial charge is 0.252 e. The van der Waals surface area contributed by atoms with Crippen molar-refractivity contribution in [1.29, 1.82) is 0 Å². The molecule has 0 radical (unpaired) electrons. The largest absolute Gasteiger partial charge is 0.345 e. The van der Waals surface area contributed by atoms with Gasteiger partial charge >= 0.3 is 0 Å². The van der Waals surface area contributed by atoms with Gasteiger partial charge in [-0.05, 0) is 54.8 Å². The van der Waals surface area contributed by atoms with Crippen LogP contribution in [0.5, 0.6) is 0 Å². The second kappa shape index (κ2) is 8.21. The molecule has 0 aromatic heterocycles. The van der Waals surface area contributed by atoms with E-state index in [4.69, 9.17) is 0 Å². The van der Waals surface area contributed by atoms with E-state index < -0.39 is 0 Å². The average Bonchev–Trinajstić information content (AvgIpc) is 2.56. The van der Waals surface area contributed by atoms with E-state index in [9.17, 15) is 4.79 Å². The van der Waals surface area contributed by atoms with Crippen LogP contribution in [0.1, 0.15) is 53.4 Å². The van der Waals surface area contributed by atoms with Crippen LogP contribution in [0.15, 0.2) is 47.4 Å². The molecular formula is C20H25NOS. The normalized spacial score (nSPS) is 12.0. The molecule has 1 N–H and O–H groups in total. The maximum absolute atomic E-state index is 12.7. The van der Waals surface area contributed by atoms with Crippen molar-refractivity contribution in [3.05, 3.63) is 64.7 Å². The van der Waals surface area contributed by atoms with Crippen molar-refractivity contribution in [1.82, 2.24) is 5.32 Å². The molecule has 122 valence electrons. The van der Waals surface area contributed by atoms with Gasteiger partial charge in [0, 0.05) is 4.90 Å². The summed E-state index contributed by atoms with van der Waals surface area (Å²) in [7, 11) is 0. The van der Waals surface area contributed by atoms with Crippen LogP contribution in [0, 0.1) is 13.8 Å². The van der Waals surface area contributed by atoms with E-state index in [1.54, 1.807) is 11.8 Å². The maximum Gasteiger partial charge on any atom is 0.252 e. The number of benzene rings is 2. The standard InChI is InChI=1S/C20H25NOS/c1-5-18(16-12-11-14(3)15(4)13-16)21-20(22)17-9-7-8-10-19(17)23-6-2/h7-13,18H,5-6H2,1-4H3,(H,21,22). The summed E-state index contributed by atoms with van der Waals surface area (Å²) in [6, 6.07) is 14.3. The lowest BCUT2D eigenvalue weighted by molar-refractivity contribution is 0.0932. The van der Waals surface area contributed by atoms with Crippen molar-refractivity contribution >= 4 is 17.7 Å². The molecule has 3 heteroatoms. The molecule has 1 atom stereocenters. The Hall–Kier alpha value is -1.74. The van der Waals surface area contributed by atoms with Gasteiger partial charge in [-0.25, -0.2) is 0 Å². The zero-order valence-corrected chi connectivity index (χ0v) is 15.2. The topological polar surface area (TPSA) is 29.1 Å². The zero-order chi connectivity index (χ0) is 16.8. The van der Waals surface area contributed by atoms with E-state index in [2.05, 4.69) is 51.2 Å². The number of hydrogen-bond acceptors (Lipinski definition) is 2. The second-order valence-corrected chi connectivity index (χ2v) is 7.01.